The average molecular weight is 259 g/mol. The topological polar surface area (TPSA) is 4.93 Å². The SMILES string of the molecule is CC1C=CC=C(n2c3ccccc3c3ccccc32)C1. The predicted octanol–water partition coefficient (Wildman–Crippen LogP) is 5.23. The van der Waals surface area contributed by atoms with Gasteiger partial charge in [0.15, 0.2) is 0 Å². The highest BCUT2D eigenvalue weighted by atomic mass is 15.0. The van der Waals surface area contributed by atoms with Gasteiger partial charge in [0.2, 0.25) is 0 Å². The number of para-hydroxylation sites is 2. The number of hydrogen-bond acceptors (Lipinski definition) is 0. The minimum absolute atomic E-state index is 0.606. The van der Waals surface area contributed by atoms with Crippen molar-refractivity contribution < 1.29 is 0 Å². The van der Waals surface area contributed by atoms with Gasteiger partial charge >= 0.3 is 0 Å². The third kappa shape index (κ3) is 1.63. The molecule has 0 bridgehead atoms. The van der Waals surface area contributed by atoms with E-state index < -0.39 is 0 Å². The summed E-state index contributed by atoms with van der Waals surface area (Å²) < 4.78 is 2.42. The van der Waals surface area contributed by atoms with Crippen LogP contribution in [0.15, 0.2) is 66.8 Å². The zero-order chi connectivity index (χ0) is 13.5. The molecule has 1 aliphatic carbocycles. The highest BCUT2D eigenvalue weighted by molar-refractivity contribution is 6.10. The molecule has 0 aliphatic heterocycles. The molecule has 0 spiro atoms. The molecule has 1 heteroatoms. The molecule has 1 atom stereocenters. The van der Waals surface area contributed by atoms with Gasteiger partial charge in [0.1, 0.15) is 0 Å². The molecule has 1 aliphatic rings. The van der Waals surface area contributed by atoms with Crippen molar-refractivity contribution >= 4 is 27.5 Å². The van der Waals surface area contributed by atoms with Crippen LogP contribution in [0.25, 0.3) is 27.5 Å². The molecule has 98 valence electrons. The molecule has 20 heavy (non-hydrogen) atoms. The first-order chi connectivity index (χ1) is 9.84. The molecule has 0 saturated heterocycles. The van der Waals surface area contributed by atoms with Crippen molar-refractivity contribution in [1.82, 2.24) is 4.57 Å². The summed E-state index contributed by atoms with van der Waals surface area (Å²) in [5.41, 5.74) is 4.00. The van der Waals surface area contributed by atoms with Crippen molar-refractivity contribution in [1.29, 1.82) is 0 Å². The van der Waals surface area contributed by atoms with Crippen molar-refractivity contribution in [3.05, 3.63) is 66.8 Å². The second-order valence-corrected chi connectivity index (χ2v) is 5.59. The number of allylic oxidation sites excluding steroid dienone is 4. The number of nitrogens with zero attached hydrogens (tertiary/aromatic N) is 1. The van der Waals surface area contributed by atoms with E-state index in [9.17, 15) is 0 Å². The number of rotatable bonds is 1. The number of benzene rings is 2. The van der Waals surface area contributed by atoms with E-state index in [1.165, 1.54) is 27.5 Å². The summed E-state index contributed by atoms with van der Waals surface area (Å²) in [6.45, 7) is 2.28. The second kappa shape index (κ2) is 4.38. The van der Waals surface area contributed by atoms with Crippen molar-refractivity contribution in [3.8, 4) is 0 Å². The third-order valence-electron chi connectivity index (χ3n) is 4.13. The van der Waals surface area contributed by atoms with E-state index in [1.807, 2.05) is 0 Å². The van der Waals surface area contributed by atoms with Crippen LogP contribution in [0.4, 0.5) is 0 Å². The van der Waals surface area contributed by atoms with Gasteiger partial charge in [-0.1, -0.05) is 55.5 Å². The minimum atomic E-state index is 0.606. The molecule has 3 aromatic rings. The van der Waals surface area contributed by atoms with Crippen molar-refractivity contribution in [2.24, 2.45) is 5.92 Å². The summed E-state index contributed by atoms with van der Waals surface area (Å²) in [4.78, 5) is 0. The quantitative estimate of drug-likeness (QED) is 0.564. The van der Waals surface area contributed by atoms with Gasteiger partial charge in [0, 0.05) is 16.5 Å². The van der Waals surface area contributed by atoms with Gasteiger partial charge in [-0.15, -0.1) is 0 Å². The molecule has 1 unspecified atom stereocenters. The van der Waals surface area contributed by atoms with Gasteiger partial charge in [-0.05, 0) is 30.5 Å². The molecule has 4 rings (SSSR count). The summed E-state index contributed by atoms with van der Waals surface area (Å²) in [5, 5.41) is 2.68. The second-order valence-electron chi connectivity index (χ2n) is 5.59. The minimum Gasteiger partial charge on any atom is -0.313 e. The first kappa shape index (κ1) is 11.5. The summed E-state index contributed by atoms with van der Waals surface area (Å²) in [7, 11) is 0. The molecule has 0 saturated carbocycles. The van der Waals surface area contributed by atoms with Crippen LogP contribution in [-0.4, -0.2) is 4.57 Å². The van der Waals surface area contributed by atoms with Crippen LogP contribution < -0.4 is 0 Å². The first-order valence-electron chi connectivity index (χ1n) is 7.20. The maximum absolute atomic E-state index is 2.42. The molecule has 1 nitrogen and oxygen atoms in total. The normalized spacial score (nSPS) is 18.6. The van der Waals surface area contributed by atoms with Gasteiger partial charge in [0.25, 0.3) is 0 Å². The first-order valence-corrected chi connectivity index (χ1v) is 7.20. The highest BCUT2D eigenvalue weighted by Gasteiger charge is 2.15. The van der Waals surface area contributed by atoms with Crippen LogP contribution in [0, 0.1) is 5.92 Å². The number of hydrogen-bond donors (Lipinski definition) is 0. The van der Waals surface area contributed by atoms with Crippen molar-refractivity contribution in [3.63, 3.8) is 0 Å². The van der Waals surface area contributed by atoms with E-state index >= 15 is 0 Å². The Kier molecular flexibility index (Phi) is 2.53. The van der Waals surface area contributed by atoms with Crippen molar-refractivity contribution in [2.45, 2.75) is 13.3 Å². The van der Waals surface area contributed by atoms with Crippen LogP contribution in [0.1, 0.15) is 13.3 Å². The lowest BCUT2D eigenvalue weighted by Gasteiger charge is -2.17. The predicted molar refractivity (Wildman–Crippen MR) is 86.6 cm³/mol. The van der Waals surface area contributed by atoms with E-state index in [-0.39, 0.29) is 0 Å². The summed E-state index contributed by atoms with van der Waals surface area (Å²) in [6.07, 6.45) is 7.81. The Labute approximate surface area is 118 Å². The van der Waals surface area contributed by atoms with Crippen molar-refractivity contribution in [2.75, 3.05) is 0 Å². The highest BCUT2D eigenvalue weighted by Crippen LogP contribution is 2.34. The lowest BCUT2D eigenvalue weighted by molar-refractivity contribution is 0.730. The zero-order valence-corrected chi connectivity index (χ0v) is 11.6. The van der Waals surface area contributed by atoms with Gasteiger partial charge in [-0.2, -0.15) is 0 Å². The fourth-order valence-electron chi connectivity index (χ4n) is 3.22. The smallest absolute Gasteiger partial charge is 0.0537 e. The summed E-state index contributed by atoms with van der Waals surface area (Å²) in [5.74, 6) is 0.606. The molecule has 0 N–H and O–H groups in total. The fraction of sp³-hybridized carbons (Fsp3) is 0.158. The monoisotopic (exact) mass is 259 g/mol. The average Bonchev–Trinajstić information content (AvgIpc) is 2.82. The molecular weight excluding hydrogens is 242 g/mol. The zero-order valence-electron chi connectivity index (χ0n) is 11.6. The van der Waals surface area contributed by atoms with E-state index in [2.05, 4.69) is 78.2 Å². The van der Waals surface area contributed by atoms with Crippen LogP contribution >= 0.6 is 0 Å². The summed E-state index contributed by atoms with van der Waals surface area (Å²) in [6, 6.07) is 17.4. The Balaban J connectivity index is 2.11. The van der Waals surface area contributed by atoms with E-state index in [0.717, 1.165) is 6.42 Å². The molecule has 0 radical (unpaired) electrons. The summed E-state index contributed by atoms with van der Waals surface area (Å²) >= 11 is 0. The van der Waals surface area contributed by atoms with Gasteiger partial charge in [-0.25, -0.2) is 0 Å². The lowest BCUT2D eigenvalue weighted by Crippen LogP contribution is -2.03. The molecule has 0 fully saturated rings. The van der Waals surface area contributed by atoms with Gasteiger partial charge < -0.3 is 4.57 Å². The maximum Gasteiger partial charge on any atom is 0.0537 e. The molecular formula is C19H17N. The van der Waals surface area contributed by atoms with E-state index in [4.69, 9.17) is 0 Å². The Bertz CT molecular complexity index is 795. The number of fused-ring (bicyclic) bond motifs is 3. The van der Waals surface area contributed by atoms with Crippen LogP contribution in [0.2, 0.25) is 0 Å². The van der Waals surface area contributed by atoms with Crippen LogP contribution in [-0.2, 0) is 0 Å². The van der Waals surface area contributed by atoms with Gasteiger partial charge in [0.05, 0.1) is 11.0 Å². The van der Waals surface area contributed by atoms with E-state index in [0.29, 0.717) is 5.92 Å². The molecule has 2 aromatic carbocycles. The lowest BCUT2D eigenvalue weighted by atomic mass is 10.00. The molecule has 1 aromatic heterocycles. The van der Waals surface area contributed by atoms with Crippen LogP contribution in [0.5, 0.6) is 0 Å². The Morgan fingerprint density at radius 1 is 0.900 bits per heavy atom. The molecule has 1 heterocycles. The van der Waals surface area contributed by atoms with E-state index in [1.54, 1.807) is 0 Å². The Hall–Kier alpha value is -2.28. The van der Waals surface area contributed by atoms with Crippen LogP contribution in [0.3, 0.4) is 0 Å². The number of aromatic nitrogens is 1. The Morgan fingerprint density at radius 3 is 2.10 bits per heavy atom. The fourth-order valence-corrected chi connectivity index (χ4v) is 3.22. The maximum atomic E-state index is 2.42. The van der Waals surface area contributed by atoms with Gasteiger partial charge in [-0.3, -0.25) is 0 Å². The largest absolute Gasteiger partial charge is 0.313 e. The molecule has 0 amide bonds. The Morgan fingerprint density at radius 2 is 1.50 bits per heavy atom. The standard InChI is InChI=1S/C19H17N/c1-14-7-6-8-15(13-14)20-18-11-4-2-9-16(18)17-10-3-5-12-19(17)20/h2-12,14H,13H2,1H3. The third-order valence-corrected chi connectivity index (χ3v) is 4.13.